The van der Waals surface area contributed by atoms with Crippen LogP contribution in [0, 0.1) is 6.92 Å². The van der Waals surface area contributed by atoms with E-state index in [9.17, 15) is 14.7 Å². The van der Waals surface area contributed by atoms with Gasteiger partial charge in [0.05, 0.1) is 39.0 Å². The third kappa shape index (κ3) is 4.05. The Labute approximate surface area is 215 Å². The van der Waals surface area contributed by atoms with Gasteiger partial charge in [-0.1, -0.05) is 58.8 Å². The van der Waals surface area contributed by atoms with Gasteiger partial charge in [-0.15, -0.1) is 0 Å². The minimum absolute atomic E-state index is 0.0721. The van der Waals surface area contributed by atoms with E-state index in [1.807, 2.05) is 25.1 Å². The highest BCUT2D eigenvalue weighted by atomic mass is 35.5. The predicted octanol–water partition coefficient (Wildman–Crippen LogP) is 6.55. The first kappa shape index (κ1) is 23.4. The molecule has 4 aromatic rings. The highest BCUT2D eigenvalue weighted by Gasteiger charge is 2.48. The first-order valence-corrected chi connectivity index (χ1v) is 12.1. The summed E-state index contributed by atoms with van der Waals surface area (Å²) in [6, 6.07) is 16.3. The lowest BCUT2D eigenvalue weighted by Gasteiger charge is -2.23. The standard InChI is InChI=1S/C26H18Cl2N2O4S/c1-13-6-9-19-20(10-13)35-26(29-19)30-22(14-7-8-17(27)18(28)12-14)21(24(32)25(30)33)23(31)15-4-3-5-16(11-15)34-2/h3-12,22,31H,1-2H3/b23-21+. The van der Waals surface area contributed by atoms with E-state index < -0.39 is 17.7 Å². The monoisotopic (exact) mass is 524 g/mol. The van der Waals surface area contributed by atoms with Gasteiger partial charge >= 0.3 is 5.91 Å². The minimum Gasteiger partial charge on any atom is -0.507 e. The maximum Gasteiger partial charge on any atom is 0.301 e. The summed E-state index contributed by atoms with van der Waals surface area (Å²) in [5, 5.41) is 12.2. The second-order valence-electron chi connectivity index (χ2n) is 8.04. The van der Waals surface area contributed by atoms with E-state index in [1.165, 1.54) is 23.3 Å². The number of amides is 1. The molecule has 5 rings (SSSR count). The summed E-state index contributed by atoms with van der Waals surface area (Å²) in [5.41, 5.74) is 2.54. The number of ketones is 1. The molecule has 35 heavy (non-hydrogen) atoms. The number of methoxy groups -OCH3 is 1. The summed E-state index contributed by atoms with van der Waals surface area (Å²) in [5.74, 6) is -1.44. The van der Waals surface area contributed by atoms with Gasteiger partial charge in [0.1, 0.15) is 11.5 Å². The molecular weight excluding hydrogens is 507 g/mol. The SMILES string of the molecule is COc1cccc(/C(O)=C2\C(=O)C(=O)N(c3nc4ccc(C)cc4s3)C2c2ccc(Cl)c(Cl)c2)c1. The van der Waals surface area contributed by atoms with Crippen LogP contribution >= 0.6 is 34.5 Å². The molecule has 1 atom stereocenters. The van der Waals surface area contributed by atoms with E-state index in [0.717, 1.165) is 10.3 Å². The summed E-state index contributed by atoms with van der Waals surface area (Å²) in [7, 11) is 1.50. The molecule has 176 valence electrons. The Kier molecular flexibility index (Phi) is 6.01. The lowest BCUT2D eigenvalue weighted by atomic mass is 9.95. The number of aryl methyl sites for hydroxylation is 1. The van der Waals surface area contributed by atoms with Crippen LogP contribution in [0.2, 0.25) is 10.0 Å². The molecule has 1 aromatic heterocycles. The lowest BCUT2D eigenvalue weighted by Crippen LogP contribution is -2.29. The van der Waals surface area contributed by atoms with E-state index in [2.05, 4.69) is 4.98 Å². The molecule has 0 aliphatic carbocycles. The molecule has 0 bridgehead atoms. The van der Waals surface area contributed by atoms with Crippen LogP contribution in [-0.4, -0.2) is 28.9 Å². The van der Waals surface area contributed by atoms with Crippen LogP contribution in [0.1, 0.15) is 22.7 Å². The fraction of sp³-hybridized carbons (Fsp3) is 0.115. The number of hydrogen-bond donors (Lipinski definition) is 1. The van der Waals surface area contributed by atoms with Crippen molar-refractivity contribution in [3.8, 4) is 5.75 Å². The van der Waals surface area contributed by atoms with E-state index in [-0.39, 0.29) is 16.4 Å². The second-order valence-corrected chi connectivity index (χ2v) is 9.87. The maximum atomic E-state index is 13.4. The number of ether oxygens (including phenoxy) is 1. The molecule has 1 N–H and O–H groups in total. The number of hydrogen-bond acceptors (Lipinski definition) is 6. The minimum atomic E-state index is -0.961. The number of carbonyl (C=O) groups excluding carboxylic acids is 2. The molecular formula is C26H18Cl2N2O4S. The van der Waals surface area contributed by atoms with Gasteiger partial charge in [-0.3, -0.25) is 14.5 Å². The van der Waals surface area contributed by atoms with E-state index in [4.69, 9.17) is 27.9 Å². The highest BCUT2D eigenvalue weighted by Crippen LogP contribution is 2.45. The molecule has 1 amide bonds. The van der Waals surface area contributed by atoms with Crippen molar-refractivity contribution in [3.63, 3.8) is 0 Å². The Morgan fingerprint density at radius 1 is 1.06 bits per heavy atom. The molecule has 1 aliphatic rings. The van der Waals surface area contributed by atoms with Gasteiger partial charge in [0, 0.05) is 5.56 Å². The summed E-state index contributed by atoms with van der Waals surface area (Å²) in [6.45, 7) is 1.97. The van der Waals surface area contributed by atoms with E-state index in [0.29, 0.717) is 32.5 Å². The molecule has 1 aliphatic heterocycles. The van der Waals surface area contributed by atoms with Gasteiger partial charge in [0.2, 0.25) is 0 Å². The number of aliphatic hydroxyl groups excluding tert-OH is 1. The van der Waals surface area contributed by atoms with Crippen molar-refractivity contribution in [2.24, 2.45) is 0 Å². The number of halogens is 2. The number of anilines is 1. The molecule has 9 heteroatoms. The number of thiazole rings is 1. The average molecular weight is 525 g/mol. The van der Waals surface area contributed by atoms with Crippen LogP contribution in [0.5, 0.6) is 5.75 Å². The largest absolute Gasteiger partial charge is 0.507 e. The molecule has 1 saturated heterocycles. The van der Waals surface area contributed by atoms with Crippen molar-refractivity contribution in [3.05, 3.63) is 93.0 Å². The molecule has 0 radical (unpaired) electrons. The third-order valence-electron chi connectivity index (χ3n) is 5.79. The van der Waals surface area contributed by atoms with E-state index in [1.54, 1.807) is 42.5 Å². The molecule has 1 unspecified atom stereocenters. The number of Topliss-reactive ketones (excluding diaryl/α,β-unsaturated/α-hetero) is 1. The zero-order chi connectivity index (χ0) is 24.9. The van der Waals surface area contributed by atoms with Crippen molar-refractivity contribution in [2.45, 2.75) is 13.0 Å². The van der Waals surface area contributed by atoms with Gasteiger partial charge in [0.15, 0.2) is 5.13 Å². The Bertz CT molecular complexity index is 1550. The van der Waals surface area contributed by atoms with Crippen molar-refractivity contribution < 1.29 is 19.4 Å². The first-order chi connectivity index (χ1) is 16.8. The van der Waals surface area contributed by atoms with Crippen LogP contribution in [0.15, 0.2) is 66.2 Å². The van der Waals surface area contributed by atoms with Gasteiger partial charge in [-0.25, -0.2) is 4.98 Å². The number of benzene rings is 3. The molecule has 3 aromatic carbocycles. The fourth-order valence-corrected chi connectivity index (χ4v) is 5.47. The maximum absolute atomic E-state index is 13.4. The van der Waals surface area contributed by atoms with Crippen LogP contribution < -0.4 is 9.64 Å². The topological polar surface area (TPSA) is 79.7 Å². The van der Waals surface area contributed by atoms with Gasteiger partial charge in [0.25, 0.3) is 5.78 Å². The zero-order valence-corrected chi connectivity index (χ0v) is 20.9. The van der Waals surface area contributed by atoms with Gasteiger partial charge in [-0.05, 0) is 54.4 Å². The average Bonchev–Trinajstić information content (AvgIpc) is 3.38. The van der Waals surface area contributed by atoms with Crippen molar-refractivity contribution in [2.75, 3.05) is 12.0 Å². The molecule has 0 spiro atoms. The second kappa shape index (κ2) is 9.00. The van der Waals surface area contributed by atoms with Crippen LogP contribution in [0.3, 0.4) is 0 Å². The van der Waals surface area contributed by atoms with E-state index >= 15 is 0 Å². The molecule has 1 fully saturated rings. The normalized spacial score (nSPS) is 17.4. The van der Waals surface area contributed by atoms with Crippen LogP contribution in [0.4, 0.5) is 5.13 Å². The number of carbonyl (C=O) groups is 2. The molecule has 2 heterocycles. The zero-order valence-electron chi connectivity index (χ0n) is 18.6. The number of rotatable bonds is 4. The number of aromatic nitrogens is 1. The number of nitrogens with zero attached hydrogens (tertiary/aromatic N) is 2. The quantitative estimate of drug-likeness (QED) is 0.186. The van der Waals surface area contributed by atoms with Gasteiger partial charge < -0.3 is 9.84 Å². The lowest BCUT2D eigenvalue weighted by molar-refractivity contribution is -0.132. The Hall–Kier alpha value is -3.39. The summed E-state index contributed by atoms with van der Waals surface area (Å²) in [4.78, 5) is 32.6. The Morgan fingerprint density at radius 2 is 1.86 bits per heavy atom. The number of aliphatic hydroxyl groups is 1. The fourth-order valence-electron chi connectivity index (χ4n) is 4.08. The van der Waals surface area contributed by atoms with Crippen molar-refractivity contribution >= 4 is 67.3 Å². The van der Waals surface area contributed by atoms with Gasteiger partial charge in [-0.2, -0.15) is 0 Å². The van der Waals surface area contributed by atoms with Crippen LogP contribution in [0.25, 0.3) is 16.0 Å². The smallest absolute Gasteiger partial charge is 0.301 e. The summed E-state index contributed by atoms with van der Waals surface area (Å²) in [6.07, 6.45) is 0. The highest BCUT2D eigenvalue weighted by molar-refractivity contribution is 7.22. The first-order valence-electron chi connectivity index (χ1n) is 10.6. The summed E-state index contributed by atoms with van der Waals surface area (Å²) >= 11 is 13.7. The Morgan fingerprint density at radius 3 is 2.60 bits per heavy atom. The number of fused-ring (bicyclic) bond motifs is 1. The third-order valence-corrected chi connectivity index (χ3v) is 7.54. The van der Waals surface area contributed by atoms with Crippen molar-refractivity contribution in [1.82, 2.24) is 4.98 Å². The summed E-state index contributed by atoms with van der Waals surface area (Å²) < 4.78 is 6.13. The van der Waals surface area contributed by atoms with Crippen LogP contribution in [-0.2, 0) is 9.59 Å². The predicted molar refractivity (Wildman–Crippen MR) is 139 cm³/mol. The van der Waals surface area contributed by atoms with Crippen molar-refractivity contribution in [1.29, 1.82) is 0 Å². The molecule has 6 nitrogen and oxygen atoms in total. The Balaban J connectivity index is 1.75. The molecule has 0 saturated carbocycles.